The average molecular weight is 209 g/mol. The number of likely N-dealkylation sites (N-methyl/N-ethyl adjacent to an activating group) is 1. The van der Waals surface area contributed by atoms with Gasteiger partial charge in [-0.05, 0) is 7.05 Å². The maximum atomic E-state index is 10.2. The minimum atomic E-state index is 0. The summed E-state index contributed by atoms with van der Waals surface area (Å²) in [4.78, 5) is 14.2. The molecule has 0 aliphatic carbocycles. The van der Waals surface area contributed by atoms with Crippen molar-refractivity contribution >= 4 is 23.4 Å². The molecule has 4 heteroatoms. The molecule has 0 aromatic rings. The Balaban J connectivity index is 0.000000810. The molecule has 0 unspecified atom stereocenters. The zero-order valence-electron chi connectivity index (χ0n) is 6.12. The highest BCUT2D eigenvalue weighted by Gasteiger charge is 2.10. The maximum absolute atomic E-state index is 10.2. The number of carbonyl (C=O) groups is 1. The number of rotatable bonds is 1. The van der Waals surface area contributed by atoms with Crippen molar-refractivity contribution in [2.45, 2.75) is 0 Å². The van der Waals surface area contributed by atoms with Gasteiger partial charge in [0.2, 0.25) is 6.41 Å². The average Bonchev–Trinajstić information content (AvgIpc) is 1.90. The van der Waals surface area contributed by atoms with Crippen LogP contribution in [-0.4, -0.2) is 49.4 Å². The van der Waals surface area contributed by atoms with E-state index in [1.807, 2.05) is 0 Å². The first-order valence-electron chi connectivity index (χ1n) is 3.21. The van der Waals surface area contributed by atoms with Gasteiger partial charge in [0.05, 0.1) is 0 Å². The van der Waals surface area contributed by atoms with Crippen LogP contribution in [-0.2, 0) is 4.79 Å². The summed E-state index contributed by atoms with van der Waals surface area (Å²) in [6.07, 6.45) is 0.924. The summed E-state index contributed by atoms with van der Waals surface area (Å²) in [5, 5.41) is 0. The molecule has 0 bridgehead atoms. The normalized spacial score (nSPS) is 19.9. The second kappa shape index (κ2) is 4.68. The Labute approximate surface area is 71.8 Å². The summed E-state index contributed by atoms with van der Waals surface area (Å²) >= 11 is 0. The molecule has 1 fully saturated rings. The Morgan fingerprint density at radius 1 is 1.20 bits per heavy atom. The summed E-state index contributed by atoms with van der Waals surface area (Å²) < 4.78 is 0. The van der Waals surface area contributed by atoms with Gasteiger partial charge in [0, 0.05) is 26.2 Å². The van der Waals surface area contributed by atoms with E-state index in [1.165, 1.54) is 0 Å². The molecule has 0 aromatic carbocycles. The lowest BCUT2D eigenvalue weighted by molar-refractivity contribution is -0.119. The first-order chi connectivity index (χ1) is 4.33. The first-order valence-corrected chi connectivity index (χ1v) is 3.21. The summed E-state index contributed by atoms with van der Waals surface area (Å²) in [6, 6.07) is 0. The van der Waals surface area contributed by atoms with Gasteiger partial charge in [0.1, 0.15) is 0 Å². The molecule has 0 saturated carbocycles. The predicted octanol–water partition coefficient (Wildman–Crippen LogP) is -0.0319. The molecular weight excluding hydrogens is 196 g/mol. The highest BCUT2D eigenvalue weighted by molar-refractivity contribution is 8.93. The van der Waals surface area contributed by atoms with Crippen LogP contribution in [0.3, 0.4) is 0 Å². The number of hydrogen-bond donors (Lipinski definition) is 0. The molecule has 0 N–H and O–H groups in total. The van der Waals surface area contributed by atoms with Crippen molar-refractivity contribution in [1.29, 1.82) is 0 Å². The zero-order valence-corrected chi connectivity index (χ0v) is 7.83. The van der Waals surface area contributed by atoms with E-state index in [0.29, 0.717) is 0 Å². The third-order valence-corrected chi connectivity index (χ3v) is 1.69. The number of hydrogen-bond acceptors (Lipinski definition) is 2. The van der Waals surface area contributed by atoms with Crippen molar-refractivity contribution in [3.63, 3.8) is 0 Å². The molecule has 0 radical (unpaired) electrons. The smallest absolute Gasteiger partial charge is 0.209 e. The van der Waals surface area contributed by atoms with E-state index in [0.717, 1.165) is 32.6 Å². The van der Waals surface area contributed by atoms with E-state index in [-0.39, 0.29) is 17.0 Å². The Kier molecular flexibility index (Phi) is 4.64. The van der Waals surface area contributed by atoms with Crippen molar-refractivity contribution in [3.05, 3.63) is 0 Å². The second-order valence-electron chi connectivity index (χ2n) is 2.44. The monoisotopic (exact) mass is 208 g/mol. The van der Waals surface area contributed by atoms with E-state index in [2.05, 4.69) is 11.9 Å². The Morgan fingerprint density at radius 3 is 2.10 bits per heavy atom. The van der Waals surface area contributed by atoms with Gasteiger partial charge in [-0.1, -0.05) is 0 Å². The van der Waals surface area contributed by atoms with Crippen LogP contribution in [0.2, 0.25) is 0 Å². The highest BCUT2D eigenvalue weighted by atomic mass is 79.9. The summed E-state index contributed by atoms with van der Waals surface area (Å²) in [7, 11) is 2.07. The fourth-order valence-corrected chi connectivity index (χ4v) is 0.927. The SMILES string of the molecule is Br.CN1CCN(C=O)CC1. The third kappa shape index (κ3) is 2.66. The van der Waals surface area contributed by atoms with Crippen LogP contribution in [0.15, 0.2) is 0 Å². The molecule has 1 aliphatic rings. The summed E-state index contributed by atoms with van der Waals surface area (Å²) in [5.74, 6) is 0. The Bertz CT molecular complexity index is 102. The van der Waals surface area contributed by atoms with Gasteiger partial charge in [0.15, 0.2) is 0 Å². The van der Waals surface area contributed by atoms with Gasteiger partial charge in [-0.2, -0.15) is 0 Å². The fraction of sp³-hybridized carbons (Fsp3) is 0.833. The number of halogens is 1. The molecule has 1 aliphatic heterocycles. The largest absolute Gasteiger partial charge is 0.343 e. The minimum Gasteiger partial charge on any atom is -0.343 e. The van der Waals surface area contributed by atoms with Gasteiger partial charge in [-0.15, -0.1) is 17.0 Å². The number of nitrogens with zero attached hydrogens (tertiary/aromatic N) is 2. The lowest BCUT2D eigenvalue weighted by atomic mass is 10.4. The predicted molar refractivity (Wildman–Crippen MR) is 45.5 cm³/mol. The number of piperazine rings is 1. The highest BCUT2D eigenvalue weighted by Crippen LogP contribution is 1.94. The molecular formula is C6H13BrN2O. The van der Waals surface area contributed by atoms with Crippen molar-refractivity contribution in [2.75, 3.05) is 33.2 Å². The Morgan fingerprint density at radius 2 is 1.70 bits per heavy atom. The number of amides is 1. The van der Waals surface area contributed by atoms with E-state index in [4.69, 9.17) is 0 Å². The van der Waals surface area contributed by atoms with Crippen molar-refractivity contribution in [2.24, 2.45) is 0 Å². The van der Waals surface area contributed by atoms with Gasteiger partial charge in [-0.25, -0.2) is 0 Å². The van der Waals surface area contributed by atoms with Crippen LogP contribution < -0.4 is 0 Å². The fourth-order valence-electron chi connectivity index (χ4n) is 0.927. The molecule has 0 spiro atoms. The van der Waals surface area contributed by atoms with Crippen LogP contribution in [0.1, 0.15) is 0 Å². The lowest BCUT2D eigenvalue weighted by Crippen LogP contribution is -2.43. The van der Waals surface area contributed by atoms with Crippen LogP contribution in [0, 0.1) is 0 Å². The van der Waals surface area contributed by atoms with Crippen LogP contribution in [0.4, 0.5) is 0 Å². The molecule has 1 saturated heterocycles. The summed E-state index contributed by atoms with van der Waals surface area (Å²) in [5.41, 5.74) is 0. The summed E-state index contributed by atoms with van der Waals surface area (Å²) in [6.45, 7) is 3.80. The molecule has 10 heavy (non-hydrogen) atoms. The molecule has 1 rings (SSSR count). The quantitative estimate of drug-likeness (QED) is 0.566. The first kappa shape index (κ1) is 9.91. The molecule has 1 heterocycles. The zero-order chi connectivity index (χ0) is 6.69. The lowest BCUT2D eigenvalue weighted by Gasteiger charge is -2.29. The van der Waals surface area contributed by atoms with E-state index >= 15 is 0 Å². The topological polar surface area (TPSA) is 23.6 Å². The van der Waals surface area contributed by atoms with Gasteiger partial charge in [-0.3, -0.25) is 4.79 Å². The Hall–Kier alpha value is -0.0900. The van der Waals surface area contributed by atoms with Crippen molar-refractivity contribution in [3.8, 4) is 0 Å². The van der Waals surface area contributed by atoms with Gasteiger partial charge in [0.25, 0.3) is 0 Å². The minimum absolute atomic E-state index is 0. The molecule has 0 aromatic heterocycles. The van der Waals surface area contributed by atoms with Crippen LogP contribution in [0.25, 0.3) is 0 Å². The molecule has 0 atom stereocenters. The van der Waals surface area contributed by atoms with Gasteiger partial charge >= 0.3 is 0 Å². The van der Waals surface area contributed by atoms with E-state index < -0.39 is 0 Å². The van der Waals surface area contributed by atoms with Crippen molar-refractivity contribution < 1.29 is 4.79 Å². The molecule has 1 amide bonds. The van der Waals surface area contributed by atoms with E-state index in [1.54, 1.807) is 4.90 Å². The molecule has 3 nitrogen and oxygen atoms in total. The van der Waals surface area contributed by atoms with Crippen LogP contribution in [0.5, 0.6) is 0 Å². The standard InChI is InChI=1S/C6H12N2O.BrH/c1-7-2-4-8(6-9)5-3-7;/h6H,2-5H2,1H3;1H. The van der Waals surface area contributed by atoms with Crippen LogP contribution >= 0.6 is 17.0 Å². The second-order valence-corrected chi connectivity index (χ2v) is 2.44. The maximum Gasteiger partial charge on any atom is 0.209 e. The third-order valence-electron chi connectivity index (χ3n) is 1.69. The van der Waals surface area contributed by atoms with E-state index in [9.17, 15) is 4.79 Å². The number of carbonyl (C=O) groups excluding carboxylic acids is 1. The van der Waals surface area contributed by atoms with Crippen molar-refractivity contribution in [1.82, 2.24) is 9.80 Å². The molecule has 60 valence electrons. The van der Waals surface area contributed by atoms with Gasteiger partial charge < -0.3 is 9.80 Å².